The van der Waals surface area contributed by atoms with E-state index >= 15 is 0 Å². The number of hydrogen-bond donors (Lipinski definition) is 1. The molecule has 3 rings (SSSR count). The van der Waals surface area contributed by atoms with Crippen molar-refractivity contribution in [1.82, 2.24) is 4.90 Å². The van der Waals surface area contributed by atoms with Crippen LogP contribution in [0.25, 0.3) is 0 Å². The van der Waals surface area contributed by atoms with Gasteiger partial charge in [-0.2, -0.15) is 0 Å². The highest BCUT2D eigenvalue weighted by Gasteiger charge is 2.43. The van der Waals surface area contributed by atoms with E-state index in [0.29, 0.717) is 5.41 Å². The van der Waals surface area contributed by atoms with Crippen molar-refractivity contribution in [3.05, 3.63) is 0 Å². The number of hydrogen-bond acceptors (Lipinski definition) is 3. The second kappa shape index (κ2) is 5.10. The molecule has 0 radical (unpaired) electrons. The molecule has 0 aromatic heterocycles. The summed E-state index contributed by atoms with van der Waals surface area (Å²) in [4.78, 5) is 2.66. The molecule has 3 nitrogen and oxygen atoms in total. The minimum absolute atomic E-state index is 0.165. The number of nitrogens with zero attached hydrogens (tertiary/aromatic N) is 1. The number of nitrogens with two attached hydrogens (primary N) is 1. The SMILES string of the molecule is NCC1(N2CCC3(CCCC3)CC2)CCCOC1. The first-order valence-electron chi connectivity index (χ1n) is 7.82. The van der Waals surface area contributed by atoms with Crippen molar-refractivity contribution in [2.45, 2.75) is 56.9 Å². The van der Waals surface area contributed by atoms with Crippen molar-refractivity contribution in [2.24, 2.45) is 11.1 Å². The van der Waals surface area contributed by atoms with Gasteiger partial charge >= 0.3 is 0 Å². The van der Waals surface area contributed by atoms with Crippen LogP contribution in [0.2, 0.25) is 0 Å². The van der Waals surface area contributed by atoms with E-state index in [-0.39, 0.29) is 5.54 Å². The first kappa shape index (κ1) is 12.9. The zero-order valence-electron chi connectivity index (χ0n) is 11.6. The predicted molar refractivity (Wildman–Crippen MR) is 73.5 cm³/mol. The lowest BCUT2D eigenvalue weighted by Gasteiger charge is -2.50. The average molecular weight is 252 g/mol. The Morgan fingerprint density at radius 1 is 0.944 bits per heavy atom. The second-order valence-corrected chi connectivity index (χ2v) is 6.78. The van der Waals surface area contributed by atoms with Crippen LogP contribution < -0.4 is 5.73 Å². The summed E-state index contributed by atoms with van der Waals surface area (Å²) in [6.45, 7) is 5.05. The molecule has 1 spiro atoms. The highest BCUT2D eigenvalue weighted by Crippen LogP contribution is 2.47. The quantitative estimate of drug-likeness (QED) is 0.818. The summed E-state index contributed by atoms with van der Waals surface area (Å²) in [5, 5.41) is 0. The third-order valence-electron chi connectivity index (χ3n) is 5.84. The van der Waals surface area contributed by atoms with Gasteiger partial charge in [0.15, 0.2) is 0 Å². The molecule has 0 aromatic carbocycles. The van der Waals surface area contributed by atoms with E-state index < -0.39 is 0 Å². The van der Waals surface area contributed by atoms with Gasteiger partial charge in [-0.15, -0.1) is 0 Å². The minimum Gasteiger partial charge on any atom is -0.379 e. The van der Waals surface area contributed by atoms with Crippen molar-refractivity contribution >= 4 is 0 Å². The molecule has 1 aliphatic carbocycles. The second-order valence-electron chi connectivity index (χ2n) is 6.78. The average Bonchev–Trinajstić information content (AvgIpc) is 2.89. The van der Waals surface area contributed by atoms with E-state index in [1.807, 2.05) is 0 Å². The van der Waals surface area contributed by atoms with Crippen LogP contribution in [0.4, 0.5) is 0 Å². The van der Waals surface area contributed by atoms with E-state index in [0.717, 1.165) is 19.8 Å². The number of ether oxygens (including phenoxy) is 1. The zero-order chi connectivity index (χ0) is 12.5. The van der Waals surface area contributed by atoms with Crippen LogP contribution in [0.5, 0.6) is 0 Å². The summed E-state index contributed by atoms with van der Waals surface area (Å²) in [7, 11) is 0. The molecule has 3 aliphatic rings. The van der Waals surface area contributed by atoms with Crippen LogP contribution >= 0.6 is 0 Å². The highest BCUT2D eigenvalue weighted by molar-refractivity contribution is 4.99. The van der Waals surface area contributed by atoms with Crippen molar-refractivity contribution in [3.63, 3.8) is 0 Å². The molecule has 0 aromatic rings. The van der Waals surface area contributed by atoms with Gasteiger partial charge in [0.2, 0.25) is 0 Å². The number of piperidine rings is 1. The molecule has 3 heteroatoms. The Kier molecular flexibility index (Phi) is 3.65. The van der Waals surface area contributed by atoms with Gasteiger partial charge in [0.05, 0.1) is 12.1 Å². The molecule has 2 aliphatic heterocycles. The topological polar surface area (TPSA) is 38.5 Å². The smallest absolute Gasteiger partial charge is 0.0662 e. The van der Waals surface area contributed by atoms with E-state index in [2.05, 4.69) is 4.90 Å². The molecule has 2 heterocycles. The van der Waals surface area contributed by atoms with Crippen molar-refractivity contribution in [2.75, 3.05) is 32.8 Å². The maximum atomic E-state index is 6.09. The van der Waals surface area contributed by atoms with Gasteiger partial charge in [-0.25, -0.2) is 0 Å². The van der Waals surface area contributed by atoms with Crippen LogP contribution in [-0.4, -0.2) is 43.3 Å². The molecule has 2 N–H and O–H groups in total. The maximum Gasteiger partial charge on any atom is 0.0662 e. The molecule has 0 bridgehead atoms. The Hall–Kier alpha value is -0.120. The van der Waals surface area contributed by atoms with Gasteiger partial charge in [-0.1, -0.05) is 12.8 Å². The van der Waals surface area contributed by atoms with Crippen molar-refractivity contribution in [3.8, 4) is 0 Å². The van der Waals surface area contributed by atoms with E-state index in [9.17, 15) is 0 Å². The van der Waals surface area contributed by atoms with Crippen LogP contribution in [0, 0.1) is 5.41 Å². The normalized spacial score (nSPS) is 37.2. The van der Waals surface area contributed by atoms with Gasteiger partial charge in [-0.3, -0.25) is 4.90 Å². The monoisotopic (exact) mass is 252 g/mol. The summed E-state index contributed by atoms with van der Waals surface area (Å²) in [6, 6.07) is 0. The lowest BCUT2D eigenvalue weighted by molar-refractivity contribution is -0.0664. The Balaban J connectivity index is 1.63. The predicted octanol–water partition coefficient (Wildman–Crippen LogP) is 2.15. The molecule has 0 amide bonds. The molecule has 18 heavy (non-hydrogen) atoms. The lowest BCUT2D eigenvalue weighted by Crippen LogP contribution is -2.61. The molecule has 3 fully saturated rings. The molecule has 2 saturated heterocycles. The largest absolute Gasteiger partial charge is 0.379 e. The van der Waals surface area contributed by atoms with Crippen molar-refractivity contribution in [1.29, 1.82) is 0 Å². The fourth-order valence-corrected chi connectivity index (χ4v) is 4.46. The Labute approximate surface area is 111 Å². The summed E-state index contributed by atoms with van der Waals surface area (Å²) in [6.07, 6.45) is 11.1. The van der Waals surface area contributed by atoms with Gasteiger partial charge in [0.1, 0.15) is 0 Å². The maximum absolute atomic E-state index is 6.09. The lowest BCUT2D eigenvalue weighted by atomic mass is 9.75. The zero-order valence-corrected chi connectivity index (χ0v) is 11.6. The Morgan fingerprint density at radius 2 is 1.67 bits per heavy atom. The fraction of sp³-hybridized carbons (Fsp3) is 1.00. The highest BCUT2D eigenvalue weighted by atomic mass is 16.5. The summed E-state index contributed by atoms with van der Waals surface area (Å²) in [5.74, 6) is 0. The van der Waals surface area contributed by atoms with E-state index in [4.69, 9.17) is 10.5 Å². The molecule has 1 saturated carbocycles. The van der Waals surface area contributed by atoms with Crippen LogP contribution in [0.1, 0.15) is 51.4 Å². The first-order chi connectivity index (χ1) is 8.79. The van der Waals surface area contributed by atoms with Gasteiger partial charge in [0, 0.05) is 13.2 Å². The van der Waals surface area contributed by atoms with E-state index in [1.54, 1.807) is 0 Å². The number of likely N-dealkylation sites (tertiary alicyclic amines) is 1. The van der Waals surface area contributed by atoms with Gasteiger partial charge in [0.25, 0.3) is 0 Å². The minimum atomic E-state index is 0.165. The molecule has 104 valence electrons. The Morgan fingerprint density at radius 3 is 2.22 bits per heavy atom. The molecular formula is C15H28N2O. The third kappa shape index (κ3) is 2.21. The first-order valence-corrected chi connectivity index (χ1v) is 7.82. The van der Waals surface area contributed by atoms with Crippen LogP contribution in [0.15, 0.2) is 0 Å². The van der Waals surface area contributed by atoms with Gasteiger partial charge < -0.3 is 10.5 Å². The number of rotatable bonds is 2. The fourth-order valence-electron chi connectivity index (χ4n) is 4.46. The molecule has 1 unspecified atom stereocenters. The summed E-state index contributed by atoms with van der Waals surface area (Å²) in [5.41, 5.74) is 6.97. The third-order valence-corrected chi connectivity index (χ3v) is 5.84. The van der Waals surface area contributed by atoms with Gasteiger partial charge in [-0.05, 0) is 57.0 Å². The van der Waals surface area contributed by atoms with Crippen molar-refractivity contribution < 1.29 is 4.74 Å². The molecular weight excluding hydrogens is 224 g/mol. The summed E-state index contributed by atoms with van der Waals surface area (Å²) >= 11 is 0. The van der Waals surface area contributed by atoms with Crippen LogP contribution in [-0.2, 0) is 4.74 Å². The van der Waals surface area contributed by atoms with Crippen LogP contribution in [0.3, 0.4) is 0 Å². The molecule has 1 atom stereocenters. The van der Waals surface area contributed by atoms with E-state index in [1.165, 1.54) is 64.5 Å². The summed E-state index contributed by atoms with van der Waals surface area (Å²) < 4.78 is 5.72. The Bertz CT molecular complexity index is 270. The standard InChI is InChI=1S/C15H28N2O/c16-12-15(6-3-11-18-13-15)17-9-7-14(8-10-17)4-1-2-5-14/h1-13,16H2.